The molecule has 5 N–H and O–H groups in total. The Hall–Kier alpha value is -6.30. The van der Waals surface area contributed by atoms with Crippen molar-refractivity contribution in [3.8, 4) is 5.75 Å². The Morgan fingerprint density at radius 3 is 2.15 bits per heavy atom. The smallest absolute Gasteiger partial charge is 0.417 e. The number of carbonyl (C=O) groups excluding carboxylic acids is 6. The van der Waals surface area contributed by atoms with Crippen LogP contribution in [-0.4, -0.2) is 146 Å². The van der Waals surface area contributed by atoms with Crippen LogP contribution in [0.1, 0.15) is 144 Å². The standard InChI is InChI=1S/C59H78F4N8O11/c1-36-51(45-21-12-39(60)32-48(45)81-44-19-20-44)53(82-58(36,2)59(61,62)63)57(77)70-41-22-26-65-47(33-41)56(76)67-25-7-29-78-28-6-24-66-54(74)37-10-13-40(14-11-37)69-49(72)9-5-30-79-42-15-17-43(18-16-42)80-31-27-68-55(75)46-34-50(73)71(3)52(46)38-8-4-23-64-35-38/h4,8,12,21-23,26,32-33,35-37,40,42-44,46,51-53H,5-7,9-11,13-20,24-25,27-31,34H2,1-3H3,(H,66,74)(H,67,76)(H,68,75)(H,69,72)(H,65,70,77)/t36-,37?,40?,42?,43?,46-,51-,52+,53+,58+/m0/s1. The minimum atomic E-state index is -4.84. The van der Waals surface area contributed by atoms with Crippen molar-refractivity contribution < 1.29 is 70.0 Å². The molecule has 0 unspecified atom stereocenters. The summed E-state index contributed by atoms with van der Waals surface area (Å²) in [5.41, 5.74) is -1.57. The van der Waals surface area contributed by atoms with Crippen molar-refractivity contribution in [2.24, 2.45) is 17.8 Å². The zero-order valence-corrected chi connectivity index (χ0v) is 46.9. The van der Waals surface area contributed by atoms with Gasteiger partial charge in [0.15, 0.2) is 5.60 Å². The highest BCUT2D eigenvalue weighted by Gasteiger charge is 2.66. The summed E-state index contributed by atoms with van der Waals surface area (Å²) < 4.78 is 87.2. The van der Waals surface area contributed by atoms with E-state index >= 15 is 0 Å². The minimum Gasteiger partial charge on any atom is -0.490 e. The number of anilines is 1. The van der Waals surface area contributed by atoms with Crippen LogP contribution >= 0.6 is 0 Å². The van der Waals surface area contributed by atoms with Gasteiger partial charge in [-0.15, -0.1) is 0 Å². The SMILES string of the molecule is C[C@H]1[C@@H](c2ccc(F)cc2OC2CC2)[C@H](C(=O)Nc2ccnc(C(=O)NCCCOCCCNC(=O)C3CCC(NC(=O)CCCOC4CCC(OCCNC(=O)[C@H]5CC(=O)N(C)[C@@H]5c5cccnc5)CC4)CC3)c2)O[C@@]1(C)C(F)(F)F. The molecule has 2 aromatic heterocycles. The first kappa shape index (κ1) is 61.8. The summed E-state index contributed by atoms with van der Waals surface area (Å²) in [4.78, 5) is 87.8. The van der Waals surface area contributed by atoms with E-state index < -0.39 is 53.3 Å². The molecule has 0 bridgehead atoms. The van der Waals surface area contributed by atoms with Gasteiger partial charge in [-0.25, -0.2) is 4.39 Å². The first-order chi connectivity index (χ1) is 39.4. The van der Waals surface area contributed by atoms with Crippen molar-refractivity contribution in [2.45, 2.75) is 164 Å². The number of nitrogens with zero attached hydrogens (tertiary/aromatic N) is 3. The number of hydrogen-bond acceptors (Lipinski definition) is 13. The first-order valence-electron chi connectivity index (χ1n) is 29.0. The fourth-order valence-corrected chi connectivity index (χ4v) is 11.5. The van der Waals surface area contributed by atoms with E-state index in [1.54, 1.807) is 30.4 Å². The number of amides is 6. The van der Waals surface area contributed by atoms with Gasteiger partial charge in [-0.05, 0) is 120 Å². The average Bonchev–Trinajstić information content (AvgIpc) is 2.63. The van der Waals surface area contributed by atoms with E-state index in [9.17, 15) is 46.3 Å². The molecule has 23 heteroatoms. The van der Waals surface area contributed by atoms with Crippen LogP contribution in [0.2, 0.25) is 0 Å². The maximum absolute atomic E-state index is 14.5. The normalized spacial score (nSPS) is 26.5. The lowest BCUT2D eigenvalue weighted by Gasteiger charge is -2.32. The Morgan fingerprint density at radius 1 is 0.780 bits per heavy atom. The number of alkyl halides is 3. The predicted octanol–water partition coefficient (Wildman–Crippen LogP) is 7.01. The number of nitrogens with one attached hydrogen (secondary N) is 5. The molecule has 3 aliphatic carbocycles. The summed E-state index contributed by atoms with van der Waals surface area (Å²) in [5.74, 6) is -5.27. The molecule has 8 rings (SSSR count). The van der Waals surface area contributed by atoms with Gasteiger partial charge in [-0.1, -0.05) is 19.1 Å². The minimum absolute atomic E-state index is 0.0119. The lowest BCUT2D eigenvalue weighted by molar-refractivity contribution is -0.272. The van der Waals surface area contributed by atoms with Gasteiger partial charge in [0.25, 0.3) is 11.8 Å². The highest BCUT2D eigenvalue weighted by molar-refractivity contribution is 5.98. The number of hydrogen-bond donors (Lipinski definition) is 5. The molecule has 4 heterocycles. The van der Waals surface area contributed by atoms with Crippen LogP contribution in [0.4, 0.5) is 23.2 Å². The molecule has 19 nitrogen and oxygen atoms in total. The van der Waals surface area contributed by atoms with Crippen LogP contribution < -0.4 is 31.3 Å². The van der Waals surface area contributed by atoms with Crippen molar-refractivity contribution in [1.29, 1.82) is 0 Å². The zero-order valence-electron chi connectivity index (χ0n) is 46.9. The second kappa shape index (κ2) is 28.8. The van der Waals surface area contributed by atoms with Crippen LogP contribution in [0.5, 0.6) is 5.75 Å². The second-order valence-electron chi connectivity index (χ2n) is 22.4. The molecule has 5 fully saturated rings. The topological polar surface area (TPSA) is 238 Å². The Labute approximate surface area is 475 Å². The van der Waals surface area contributed by atoms with E-state index in [4.69, 9.17) is 23.7 Å². The quantitative estimate of drug-likeness (QED) is 0.0382. The molecule has 3 aromatic rings. The van der Waals surface area contributed by atoms with Gasteiger partial charge in [0.2, 0.25) is 23.6 Å². The Bertz CT molecular complexity index is 2650. The number of aromatic nitrogens is 2. The van der Waals surface area contributed by atoms with Gasteiger partial charge in [0, 0.05) is 119 Å². The number of pyridine rings is 2. The van der Waals surface area contributed by atoms with Crippen LogP contribution in [0.25, 0.3) is 0 Å². The summed E-state index contributed by atoms with van der Waals surface area (Å²) in [7, 11) is 1.72. The van der Waals surface area contributed by atoms with E-state index in [-0.39, 0.29) is 95.6 Å². The number of rotatable bonds is 27. The van der Waals surface area contributed by atoms with Crippen LogP contribution in [-0.2, 0) is 42.9 Å². The Kier molecular flexibility index (Phi) is 21.7. The number of halogens is 4. The molecule has 1 aromatic carbocycles. The summed E-state index contributed by atoms with van der Waals surface area (Å²) in [5, 5.41) is 14.4. The maximum Gasteiger partial charge on any atom is 0.417 e. The molecule has 0 spiro atoms. The second-order valence-corrected chi connectivity index (χ2v) is 22.4. The molecule has 5 aliphatic rings. The molecule has 3 saturated carbocycles. The molecule has 0 radical (unpaired) electrons. The Balaban J connectivity index is 0.627. The summed E-state index contributed by atoms with van der Waals surface area (Å²) in [6.45, 7) is 4.90. The number of carbonyl (C=O) groups is 6. The average molecular weight is 1150 g/mol. The highest BCUT2D eigenvalue weighted by atomic mass is 19.4. The summed E-state index contributed by atoms with van der Waals surface area (Å²) in [6, 6.07) is 9.64. The Morgan fingerprint density at radius 2 is 1.46 bits per heavy atom. The van der Waals surface area contributed by atoms with Gasteiger partial charge in [0.1, 0.15) is 23.4 Å². The first-order valence-corrected chi connectivity index (χ1v) is 29.0. The van der Waals surface area contributed by atoms with Crippen molar-refractivity contribution in [3.05, 3.63) is 83.7 Å². The van der Waals surface area contributed by atoms with Crippen molar-refractivity contribution in [2.75, 3.05) is 58.4 Å². The monoisotopic (exact) mass is 1150 g/mol. The number of likely N-dealkylation sites (tertiary alicyclic amines) is 1. The van der Waals surface area contributed by atoms with Gasteiger partial charge in [-0.2, -0.15) is 13.2 Å². The van der Waals surface area contributed by atoms with Crippen LogP contribution in [0.15, 0.2) is 61.1 Å². The molecule has 6 amide bonds. The molecule has 6 atom stereocenters. The molecule has 448 valence electrons. The zero-order chi connectivity index (χ0) is 58.4. The van der Waals surface area contributed by atoms with Gasteiger partial charge >= 0.3 is 6.18 Å². The van der Waals surface area contributed by atoms with Crippen molar-refractivity contribution in [3.63, 3.8) is 0 Å². The van der Waals surface area contributed by atoms with E-state index in [2.05, 4.69) is 36.6 Å². The van der Waals surface area contributed by atoms with Gasteiger partial charge in [0.05, 0.1) is 36.9 Å². The summed E-state index contributed by atoms with van der Waals surface area (Å²) in [6.07, 6.45) is 8.07. The number of benzene rings is 1. The lowest BCUT2D eigenvalue weighted by Crippen LogP contribution is -2.47. The van der Waals surface area contributed by atoms with E-state index in [0.717, 1.165) is 76.0 Å². The summed E-state index contributed by atoms with van der Waals surface area (Å²) >= 11 is 0. The predicted molar refractivity (Wildman–Crippen MR) is 291 cm³/mol. The third kappa shape index (κ3) is 16.5. The highest BCUT2D eigenvalue weighted by Crippen LogP contribution is 2.55. The fraction of sp³-hybridized carbons (Fsp3) is 0.627. The largest absolute Gasteiger partial charge is 0.490 e. The molecule has 2 aliphatic heterocycles. The van der Waals surface area contributed by atoms with E-state index in [0.29, 0.717) is 78.0 Å². The van der Waals surface area contributed by atoms with Crippen molar-refractivity contribution in [1.82, 2.24) is 36.1 Å². The van der Waals surface area contributed by atoms with Gasteiger partial charge < -0.3 is 55.2 Å². The molecule has 2 saturated heterocycles. The third-order valence-corrected chi connectivity index (χ3v) is 16.5. The van der Waals surface area contributed by atoms with E-state index in [1.807, 2.05) is 6.07 Å². The van der Waals surface area contributed by atoms with E-state index in [1.165, 1.54) is 31.3 Å². The lowest BCUT2D eigenvalue weighted by atomic mass is 9.77. The molecule has 82 heavy (non-hydrogen) atoms. The van der Waals surface area contributed by atoms with Crippen LogP contribution in [0.3, 0.4) is 0 Å². The molecular formula is C59H78F4N8O11. The maximum atomic E-state index is 14.5. The van der Waals surface area contributed by atoms with Gasteiger partial charge in [-0.3, -0.25) is 38.7 Å². The van der Waals surface area contributed by atoms with Crippen LogP contribution in [0, 0.1) is 23.6 Å². The third-order valence-electron chi connectivity index (χ3n) is 16.5. The fourth-order valence-electron chi connectivity index (χ4n) is 11.5. The molecular weight excluding hydrogens is 1070 g/mol. The van der Waals surface area contributed by atoms with Crippen molar-refractivity contribution >= 4 is 41.1 Å². The number of ether oxygens (including phenoxy) is 5.